The maximum Gasteiger partial charge on any atom is 0.435 e. The maximum absolute atomic E-state index is 12.8. The summed E-state index contributed by atoms with van der Waals surface area (Å²) < 4.78 is 14.6. The number of hydrogen-bond acceptors (Lipinski definition) is 11. The Morgan fingerprint density at radius 1 is 1.10 bits per heavy atom. The first kappa shape index (κ1) is 33.4. The van der Waals surface area contributed by atoms with Crippen molar-refractivity contribution in [1.82, 2.24) is 29.2 Å². The number of aryl methyl sites for hydroxylation is 2. The van der Waals surface area contributed by atoms with Gasteiger partial charge in [0.15, 0.2) is 0 Å². The Morgan fingerprint density at radius 3 is 2.61 bits per heavy atom. The molecule has 5 aromatic rings. The first-order chi connectivity index (χ1) is 23.3. The minimum Gasteiger partial charge on any atom is -0.494 e. The van der Waals surface area contributed by atoms with Gasteiger partial charge in [0.2, 0.25) is 5.95 Å². The van der Waals surface area contributed by atoms with Gasteiger partial charge in [0.1, 0.15) is 17.0 Å². The summed E-state index contributed by atoms with van der Waals surface area (Å²) in [5.74, 6) is 0.615. The molecule has 0 saturated heterocycles. The number of carbonyl (C=O) groups is 1. The number of para-hydroxylation sites is 1. The van der Waals surface area contributed by atoms with Crippen LogP contribution in [-0.2, 0) is 17.7 Å². The molecule has 6 rings (SSSR count). The highest BCUT2D eigenvalue weighted by atomic mass is 16.6. The van der Waals surface area contributed by atoms with Gasteiger partial charge in [-0.15, -0.1) is 0 Å². The third kappa shape index (κ3) is 6.90. The SMILES string of the molecule is COc1cc(N(C)CCN(C)C)c([N+](=O)[O-])cc1Nc1ncc(-c2cnn(C(=O)OC(C)(C)C)c2)c(-c2cn3c4c(cccc24)CCC3)n1. The number of nitro groups is 1. The fraction of sp³-hybridized carbons (Fsp3) is 0.371. The summed E-state index contributed by atoms with van der Waals surface area (Å²) in [6, 6.07) is 9.39. The minimum atomic E-state index is -0.688. The van der Waals surface area contributed by atoms with Crippen LogP contribution in [0.15, 0.2) is 55.1 Å². The molecule has 2 aromatic carbocycles. The van der Waals surface area contributed by atoms with Crippen LogP contribution in [0.25, 0.3) is 33.3 Å². The van der Waals surface area contributed by atoms with E-state index in [9.17, 15) is 14.9 Å². The zero-order valence-corrected chi connectivity index (χ0v) is 28.9. The highest BCUT2D eigenvalue weighted by Crippen LogP contribution is 2.41. The molecule has 0 unspecified atom stereocenters. The van der Waals surface area contributed by atoms with E-state index in [0.29, 0.717) is 47.0 Å². The Bertz CT molecular complexity index is 2040. The van der Waals surface area contributed by atoms with Crippen molar-refractivity contribution >= 4 is 40.0 Å². The Hall–Kier alpha value is -5.50. The molecule has 49 heavy (non-hydrogen) atoms. The third-order valence-electron chi connectivity index (χ3n) is 8.38. The third-order valence-corrected chi connectivity index (χ3v) is 8.38. The summed E-state index contributed by atoms with van der Waals surface area (Å²) in [6.07, 6.45) is 8.38. The van der Waals surface area contributed by atoms with Gasteiger partial charge in [0, 0.05) is 79.5 Å². The standard InChI is InChI=1S/C35H41N9O5/c1-35(2,3)49-34(45)43-20-23(18-37-43)25-19-36-33(39-31(25)26-21-42-13-9-11-22-10-8-12-24(26)32(22)42)38-27-16-29(44(46)47)28(17-30(27)48-7)41(6)15-14-40(4)5/h8,10,12,16-21H,9,11,13-15H2,1-7H3,(H,36,38,39). The second-order valence-corrected chi connectivity index (χ2v) is 13.4. The van der Waals surface area contributed by atoms with E-state index in [1.54, 1.807) is 45.4 Å². The van der Waals surface area contributed by atoms with Crippen molar-refractivity contribution in [2.45, 2.75) is 45.8 Å². The summed E-state index contributed by atoms with van der Waals surface area (Å²) in [4.78, 5) is 38.1. The maximum atomic E-state index is 12.8. The summed E-state index contributed by atoms with van der Waals surface area (Å²) in [5, 5.41) is 20.8. The number of nitro benzene ring substituents is 1. The van der Waals surface area contributed by atoms with Gasteiger partial charge in [-0.2, -0.15) is 9.78 Å². The second kappa shape index (κ2) is 13.2. The van der Waals surface area contributed by atoms with Crippen molar-refractivity contribution < 1.29 is 19.2 Å². The zero-order chi connectivity index (χ0) is 35.0. The Labute approximate surface area is 284 Å². The average Bonchev–Trinajstić information content (AvgIpc) is 3.70. The van der Waals surface area contributed by atoms with Crippen LogP contribution in [0.3, 0.4) is 0 Å². The van der Waals surface area contributed by atoms with E-state index in [0.717, 1.165) is 35.0 Å². The van der Waals surface area contributed by atoms with Crippen molar-refractivity contribution in [3.63, 3.8) is 0 Å². The molecule has 1 N–H and O–H groups in total. The Balaban J connectivity index is 1.45. The van der Waals surface area contributed by atoms with Crippen molar-refractivity contribution in [3.05, 3.63) is 70.8 Å². The lowest BCUT2D eigenvalue weighted by Gasteiger charge is -2.22. The topological polar surface area (TPSA) is 146 Å². The normalized spacial score (nSPS) is 12.7. The second-order valence-electron chi connectivity index (χ2n) is 13.4. The van der Waals surface area contributed by atoms with E-state index in [1.807, 2.05) is 30.9 Å². The average molecular weight is 668 g/mol. The Morgan fingerprint density at radius 2 is 1.90 bits per heavy atom. The number of nitrogens with one attached hydrogen (secondary N) is 1. The van der Waals surface area contributed by atoms with Crippen LogP contribution < -0.4 is 15.0 Å². The molecule has 1 aliphatic rings. The van der Waals surface area contributed by atoms with Crippen LogP contribution in [0.4, 0.5) is 27.8 Å². The van der Waals surface area contributed by atoms with E-state index < -0.39 is 16.6 Å². The quantitative estimate of drug-likeness (QED) is 0.131. The number of benzene rings is 2. The van der Waals surface area contributed by atoms with Gasteiger partial charge in [-0.1, -0.05) is 18.2 Å². The smallest absolute Gasteiger partial charge is 0.435 e. The van der Waals surface area contributed by atoms with Crippen LogP contribution in [0.2, 0.25) is 0 Å². The molecule has 14 heteroatoms. The van der Waals surface area contributed by atoms with Crippen molar-refractivity contribution in [3.8, 4) is 28.1 Å². The summed E-state index contributed by atoms with van der Waals surface area (Å²) in [6.45, 7) is 7.56. The van der Waals surface area contributed by atoms with Gasteiger partial charge in [-0.3, -0.25) is 10.1 Å². The molecular formula is C35H41N9O5. The molecule has 4 heterocycles. The predicted molar refractivity (Wildman–Crippen MR) is 189 cm³/mol. The highest BCUT2D eigenvalue weighted by Gasteiger charge is 2.25. The van der Waals surface area contributed by atoms with Crippen LogP contribution in [0.5, 0.6) is 5.75 Å². The first-order valence-corrected chi connectivity index (χ1v) is 16.1. The van der Waals surface area contributed by atoms with Gasteiger partial charge in [0.05, 0.1) is 35.1 Å². The zero-order valence-electron chi connectivity index (χ0n) is 28.9. The summed E-state index contributed by atoms with van der Waals surface area (Å²) >= 11 is 0. The van der Waals surface area contributed by atoms with Gasteiger partial charge >= 0.3 is 6.09 Å². The molecule has 14 nitrogen and oxygen atoms in total. The lowest BCUT2D eigenvalue weighted by molar-refractivity contribution is -0.384. The molecular weight excluding hydrogens is 626 g/mol. The predicted octanol–water partition coefficient (Wildman–Crippen LogP) is 6.35. The number of methoxy groups -OCH3 is 1. The van der Waals surface area contributed by atoms with E-state index in [2.05, 4.69) is 44.4 Å². The largest absolute Gasteiger partial charge is 0.494 e. The highest BCUT2D eigenvalue weighted by molar-refractivity contribution is 6.00. The lowest BCUT2D eigenvalue weighted by atomic mass is 9.99. The molecule has 0 spiro atoms. The number of carbonyl (C=O) groups excluding carboxylic acids is 1. The number of hydrogen-bond donors (Lipinski definition) is 1. The molecule has 3 aromatic heterocycles. The molecule has 0 amide bonds. The van der Waals surface area contributed by atoms with Crippen LogP contribution in [-0.4, -0.2) is 87.2 Å². The van der Waals surface area contributed by atoms with E-state index in [1.165, 1.54) is 24.3 Å². The first-order valence-electron chi connectivity index (χ1n) is 16.1. The van der Waals surface area contributed by atoms with Gasteiger partial charge in [0.25, 0.3) is 5.69 Å². The number of nitrogens with zero attached hydrogens (tertiary/aromatic N) is 8. The molecule has 0 atom stereocenters. The van der Waals surface area contributed by atoms with Crippen LogP contribution in [0.1, 0.15) is 32.8 Å². The minimum absolute atomic E-state index is 0.0788. The van der Waals surface area contributed by atoms with E-state index in [4.69, 9.17) is 14.5 Å². The van der Waals surface area contributed by atoms with Crippen LogP contribution >= 0.6 is 0 Å². The molecule has 0 radical (unpaired) electrons. The Kier molecular flexibility index (Phi) is 8.99. The fourth-order valence-electron chi connectivity index (χ4n) is 6.04. The molecule has 0 aliphatic carbocycles. The van der Waals surface area contributed by atoms with Gasteiger partial charge in [-0.25, -0.2) is 14.8 Å². The number of ether oxygens (including phenoxy) is 2. The van der Waals surface area contributed by atoms with Gasteiger partial charge < -0.3 is 29.2 Å². The molecule has 1 aliphatic heterocycles. The fourth-order valence-corrected chi connectivity index (χ4v) is 6.04. The molecule has 0 fully saturated rings. The molecule has 0 saturated carbocycles. The number of rotatable bonds is 10. The van der Waals surface area contributed by atoms with E-state index >= 15 is 0 Å². The van der Waals surface area contributed by atoms with E-state index in [-0.39, 0.29) is 11.6 Å². The summed E-state index contributed by atoms with van der Waals surface area (Å²) in [7, 11) is 7.23. The lowest BCUT2D eigenvalue weighted by Crippen LogP contribution is -2.28. The number of likely N-dealkylation sites (N-methyl/N-ethyl adjacent to an activating group) is 2. The molecule has 0 bridgehead atoms. The molecule has 256 valence electrons. The van der Waals surface area contributed by atoms with Crippen molar-refractivity contribution in [1.29, 1.82) is 0 Å². The monoisotopic (exact) mass is 667 g/mol. The van der Waals surface area contributed by atoms with Crippen molar-refractivity contribution in [2.75, 3.05) is 51.6 Å². The summed E-state index contributed by atoms with van der Waals surface area (Å²) in [5.41, 5.74) is 5.22. The number of anilines is 3. The van der Waals surface area contributed by atoms with Gasteiger partial charge in [-0.05, 0) is 53.3 Å². The van der Waals surface area contributed by atoms with Crippen LogP contribution in [0, 0.1) is 10.1 Å². The van der Waals surface area contributed by atoms with Crippen molar-refractivity contribution in [2.24, 2.45) is 0 Å². The number of aromatic nitrogens is 5.